The first-order valence-electron chi connectivity index (χ1n) is 10.2. The van der Waals surface area contributed by atoms with Gasteiger partial charge in [-0.25, -0.2) is 0 Å². The Bertz CT molecular complexity index is 1220. The number of hydrogen-bond acceptors (Lipinski definition) is 3. The number of anilines is 1. The second-order valence-electron chi connectivity index (χ2n) is 7.60. The van der Waals surface area contributed by atoms with Crippen LogP contribution in [0.2, 0.25) is 0 Å². The highest BCUT2D eigenvalue weighted by Crippen LogP contribution is 2.42. The molecule has 0 saturated carbocycles. The highest BCUT2D eigenvalue weighted by atomic mass is 32.1. The van der Waals surface area contributed by atoms with Crippen LogP contribution in [0.3, 0.4) is 0 Å². The van der Waals surface area contributed by atoms with Crippen molar-refractivity contribution in [3.8, 4) is 11.4 Å². The third kappa shape index (κ3) is 3.45. The van der Waals surface area contributed by atoms with E-state index in [-0.39, 0.29) is 17.8 Å². The first kappa shape index (κ1) is 19.3. The molecule has 0 spiro atoms. The smallest absolute Gasteiger partial charge is 0.174 e. The van der Waals surface area contributed by atoms with Crippen molar-refractivity contribution in [1.29, 1.82) is 0 Å². The number of aromatic hydroxyl groups is 1. The highest BCUT2D eigenvalue weighted by Gasteiger charge is 2.42. The minimum atomic E-state index is -0.125. The van der Waals surface area contributed by atoms with Crippen LogP contribution in [0.25, 0.3) is 5.69 Å². The summed E-state index contributed by atoms with van der Waals surface area (Å²) >= 11 is 5.78. The third-order valence-electron chi connectivity index (χ3n) is 5.68. The van der Waals surface area contributed by atoms with Crippen molar-refractivity contribution in [1.82, 2.24) is 14.9 Å². The minimum absolute atomic E-state index is 0.124. The van der Waals surface area contributed by atoms with Crippen molar-refractivity contribution in [2.75, 3.05) is 4.90 Å². The lowest BCUT2D eigenvalue weighted by Gasteiger charge is -2.29. The van der Waals surface area contributed by atoms with Gasteiger partial charge in [-0.3, -0.25) is 4.98 Å². The van der Waals surface area contributed by atoms with Crippen molar-refractivity contribution in [3.63, 3.8) is 0 Å². The lowest BCUT2D eigenvalue weighted by Crippen LogP contribution is -2.30. The molecule has 1 aliphatic heterocycles. The number of benzene rings is 2. The van der Waals surface area contributed by atoms with Crippen LogP contribution >= 0.6 is 12.2 Å². The van der Waals surface area contributed by atoms with Crippen molar-refractivity contribution in [2.24, 2.45) is 0 Å². The number of thiocarbonyl (C=S) groups is 1. The normalized spacial score (nSPS) is 18.2. The quantitative estimate of drug-likeness (QED) is 0.447. The molecule has 0 bridgehead atoms. The molecule has 1 saturated heterocycles. The van der Waals surface area contributed by atoms with E-state index in [9.17, 15) is 5.11 Å². The minimum Gasteiger partial charge on any atom is -0.508 e. The van der Waals surface area contributed by atoms with E-state index >= 15 is 0 Å². The predicted molar refractivity (Wildman–Crippen MR) is 127 cm³/mol. The first-order valence-corrected chi connectivity index (χ1v) is 10.6. The summed E-state index contributed by atoms with van der Waals surface area (Å²) in [6, 6.07) is 25.4. The van der Waals surface area contributed by atoms with E-state index in [0.717, 1.165) is 22.8 Å². The van der Waals surface area contributed by atoms with Crippen LogP contribution in [-0.2, 0) is 0 Å². The number of pyridine rings is 1. The summed E-state index contributed by atoms with van der Waals surface area (Å²) in [5.41, 5.74) is 5.26. The monoisotopic (exact) mass is 426 g/mol. The van der Waals surface area contributed by atoms with Gasteiger partial charge in [0.15, 0.2) is 5.11 Å². The average molecular weight is 427 g/mol. The van der Waals surface area contributed by atoms with E-state index in [1.54, 1.807) is 18.3 Å². The summed E-state index contributed by atoms with van der Waals surface area (Å²) in [6.07, 6.45) is 3.89. The van der Waals surface area contributed by atoms with Gasteiger partial charge in [0.2, 0.25) is 0 Å². The Balaban J connectivity index is 1.68. The molecule has 0 unspecified atom stereocenters. The molecule has 1 fully saturated rings. The van der Waals surface area contributed by atoms with Gasteiger partial charge in [-0.1, -0.05) is 24.3 Å². The topological polar surface area (TPSA) is 53.3 Å². The molecule has 6 heteroatoms. The number of rotatable bonds is 4. The molecule has 0 radical (unpaired) electrons. The largest absolute Gasteiger partial charge is 0.508 e. The number of para-hydroxylation sites is 1. The van der Waals surface area contributed by atoms with Gasteiger partial charge in [-0.05, 0) is 79.3 Å². The highest BCUT2D eigenvalue weighted by molar-refractivity contribution is 7.80. The number of aryl methyl sites for hydroxylation is 1. The average Bonchev–Trinajstić information content (AvgIpc) is 3.39. The summed E-state index contributed by atoms with van der Waals surface area (Å²) < 4.78 is 2.22. The number of nitrogens with one attached hydrogen (secondary N) is 1. The third-order valence-corrected chi connectivity index (χ3v) is 6.00. The Labute approximate surface area is 186 Å². The van der Waals surface area contributed by atoms with E-state index in [0.29, 0.717) is 5.11 Å². The zero-order valence-corrected chi connectivity index (χ0v) is 17.8. The van der Waals surface area contributed by atoms with Crippen LogP contribution in [0.5, 0.6) is 5.75 Å². The summed E-state index contributed by atoms with van der Waals surface area (Å²) in [4.78, 5) is 6.73. The van der Waals surface area contributed by atoms with Crippen LogP contribution in [0, 0.1) is 6.92 Å². The molecule has 2 N–H and O–H groups in total. The van der Waals surface area contributed by atoms with Crippen LogP contribution in [0.1, 0.15) is 29.0 Å². The standard InChI is InChI=1S/C25H22N4OS/c1-17-7-2-3-9-21(17)28-16-6-10-22(28)24-23(20-8-4-5-15-26-20)27-25(31)29(24)18-11-13-19(30)14-12-18/h2-16,23-24,30H,1H3,(H,27,31)/t23-,24-/m1/s1. The molecular weight excluding hydrogens is 404 g/mol. The van der Waals surface area contributed by atoms with Gasteiger partial charge in [0.1, 0.15) is 11.8 Å². The van der Waals surface area contributed by atoms with Gasteiger partial charge < -0.3 is 19.9 Å². The fraction of sp³-hybridized carbons (Fsp3) is 0.120. The fourth-order valence-corrected chi connectivity index (χ4v) is 4.58. The van der Waals surface area contributed by atoms with Crippen molar-refractivity contribution in [3.05, 3.63) is 108 Å². The lowest BCUT2D eigenvalue weighted by atomic mass is 10.0. The summed E-state index contributed by atoms with van der Waals surface area (Å²) in [6.45, 7) is 2.12. The van der Waals surface area contributed by atoms with Gasteiger partial charge in [-0.2, -0.15) is 0 Å². The molecule has 31 heavy (non-hydrogen) atoms. The zero-order chi connectivity index (χ0) is 21.4. The number of phenols is 1. The fourth-order valence-electron chi connectivity index (χ4n) is 4.23. The van der Waals surface area contributed by atoms with Crippen molar-refractivity contribution < 1.29 is 5.11 Å². The van der Waals surface area contributed by atoms with Gasteiger partial charge in [0, 0.05) is 29.5 Å². The van der Waals surface area contributed by atoms with Crippen LogP contribution < -0.4 is 10.2 Å². The number of nitrogens with zero attached hydrogens (tertiary/aromatic N) is 3. The molecule has 5 rings (SSSR count). The Morgan fingerprint density at radius 2 is 1.71 bits per heavy atom. The molecule has 5 nitrogen and oxygen atoms in total. The Morgan fingerprint density at radius 3 is 2.45 bits per heavy atom. The summed E-state index contributed by atoms with van der Waals surface area (Å²) in [5, 5.41) is 13.9. The molecule has 154 valence electrons. The van der Waals surface area contributed by atoms with Crippen molar-refractivity contribution >= 4 is 23.0 Å². The number of phenolic OH excluding ortho intramolecular Hbond substituents is 1. The molecule has 0 amide bonds. The molecule has 1 aliphatic rings. The van der Waals surface area contributed by atoms with Crippen LogP contribution in [-0.4, -0.2) is 19.8 Å². The first-order chi connectivity index (χ1) is 15.1. The second-order valence-corrected chi connectivity index (χ2v) is 7.99. The van der Waals surface area contributed by atoms with Crippen LogP contribution in [0.15, 0.2) is 91.3 Å². The molecule has 2 aromatic heterocycles. The molecule has 4 aromatic rings. The van der Waals surface area contributed by atoms with Gasteiger partial charge >= 0.3 is 0 Å². The van der Waals surface area contributed by atoms with Crippen molar-refractivity contribution in [2.45, 2.75) is 19.0 Å². The molecule has 2 aromatic carbocycles. The van der Waals surface area contributed by atoms with E-state index < -0.39 is 0 Å². The van der Waals surface area contributed by atoms with Gasteiger partial charge in [0.05, 0.1) is 11.7 Å². The summed E-state index contributed by atoms with van der Waals surface area (Å²) in [7, 11) is 0. The molecule has 2 atom stereocenters. The van der Waals surface area contributed by atoms with E-state index in [4.69, 9.17) is 12.2 Å². The van der Waals surface area contributed by atoms with Crippen LogP contribution in [0.4, 0.5) is 5.69 Å². The van der Waals surface area contributed by atoms with E-state index in [1.807, 2.05) is 36.4 Å². The molecule has 0 aliphatic carbocycles. The van der Waals surface area contributed by atoms with E-state index in [2.05, 4.69) is 63.2 Å². The second kappa shape index (κ2) is 7.89. The number of hydrogen-bond donors (Lipinski definition) is 2. The molecular formula is C25H22N4OS. The zero-order valence-electron chi connectivity index (χ0n) is 17.0. The predicted octanol–water partition coefficient (Wildman–Crippen LogP) is 5.06. The van der Waals surface area contributed by atoms with E-state index in [1.165, 1.54) is 5.56 Å². The van der Waals surface area contributed by atoms with Gasteiger partial charge in [0.25, 0.3) is 0 Å². The lowest BCUT2D eigenvalue weighted by molar-refractivity contribution is 0.475. The Hall–Kier alpha value is -3.64. The Morgan fingerprint density at radius 1 is 0.935 bits per heavy atom. The summed E-state index contributed by atoms with van der Waals surface area (Å²) in [5.74, 6) is 0.225. The Kier molecular flexibility index (Phi) is 4.92. The number of aromatic nitrogens is 2. The molecule has 3 heterocycles. The maximum absolute atomic E-state index is 9.79. The maximum Gasteiger partial charge on any atom is 0.174 e. The maximum atomic E-state index is 9.79. The SMILES string of the molecule is Cc1ccccc1-n1cccc1[C@@H]1[C@@H](c2ccccn2)NC(=S)N1c1ccc(O)cc1. The van der Waals surface area contributed by atoms with Gasteiger partial charge in [-0.15, -0.1) is 0 Å².